The Morgan fingerprint density at radius 1 is 1.69 bits per heavy atom. The molecule has 0 aromatic heterocycles. The molecule has 1 heterocycles. The van der Waals surface area contributed by atoms with Crippen molar-refractivity contribution >= 4 is 5.91 Å². The van der Waals surface area contributed by atoms with Crippen LogP contribution in [0.25, 0.3) is 0 Å². The van der Waals surface area contributed by atoms with Gasteiger partial charge in [-0.15, -0.1) is 0 Å². The van der Waals surface area contributed by atoms with Crippen LogP contribution in [-0.4, -0.2) is 43.0 Å². The lowest BCUT2D eigenvalue weighted by molar-refractivity contribution is -0.127. The molecular formula is C9H19N3O. The fourth-order valence-corrected chi connectivity index (χ4v) is 1.59. The van der Waals surface area contributed by atoms with Gasteiger partial charge in [-0.2, -0.15) is 0 Å². The molecule has 1 fully saturated rings. The molecule has 4 heteroatoms. The average molecular weight is 185 g/mol. The summed E-state index contributed by atoms with van der Waals surface area (Å²) < 4.78 is 0. The van der Waals surface area contributed by atoms with Crippen molar-refractivity contribution in [2.45, 2.75) is 25.8 Å². The van der Waals surface area contributed by atoms with Gasteiger partial charge in [-0.3, -0.25) is 4.79 Å². The highest BCUT2D eigenvalue weighted by Crippen LogP contribution is 2.08. The molecule has 1 aliphatic heterocycles. The minimum absolute atomic E-state index is 0.0617. The van der Waals surface area contributed by atoms with Crippen molar-refractivity contribution in [2.75, 3.05) is 26.2 Å². The molecule has 4 nitrogen and oxygen atoms in total. The topological polar surface area (TPSA) is 58.4 Å². The first-order valence-electron chi connectivity index (χ1n) is 4.98. The van der Waals surface area contributed by atoms with Crippen LogP contribution in [0.2, 0.25) is 0 Å². The van der Waals surface area contributed by atoms with E-state index >= 15 is 0 Å². The number of carbonyl (C=O) groups is 1. The summed E-state index contributed by atoms with van der Waals surface area (Å²) in [7, 11) is 0. The third kappa shape index (κ3) is 3.32. The van der Waals surface area contributed by atoms with E-state index in [-0.39, 0.29) is 11.9 Å². The minimum atomic E-state index is 0.0617. The van der Waals surface area contributed by atoms with Gasteiger partial charge in [-0.1, -0.05) is 6.92 Å². The minimum Gasteiger partial charge on any atom is -0.341 e. The third-order valence-electron chi connectivity index (χ3n) is 2.28. The van der Waals surface area contributed by atoms with E-state index in [0.717, 1.165) is 32.6 Å². The van der Waals surface area contributed by atoms with E-state index in [1.54, 1.807) is 0 Å². The van der Waals surface area contributed by atoms with Crippen LogP contribution in [0.15, 0.2) is 0 Å². The molecule has 1 amide bonds. The van der Waals surface area contributed by atoms with Crippen LogP contribution in [0.5, 0.6) is 0 Å². The summed E-state index contributed by atoms with van der Waals surface area (Å²) in [5, 5.41) is 3.23. The maximum absolute atomic E-state index is 11.3. The molecular weight excluding hydrogens is 166 g/mol. The second-order valence-corrected chi connectivity index (χ2v) is 3.51. The van der Waals surface area contributed by atoms with E-state index in [2.05, 4.69) is 12.2 Å². The summed E-state index contributed by atoms with van der Waals surface area (Å²) >= 11 is 0. The second-order valence-electron chi connectivity index (χ2n) is 3.51. The Bertz CT molecular complexity index is 172. The number of carbonyl (C=O) groups excluding carboxylic acids is 1. The van der Waals surface area contributed by atoms with Crippen molar-refractivity contribution < 1.29 is 4.79 Å². The van der Waals surface area contributed by atoms with Crippen LogP contribution in [0.1, 0.15) is 19.8 Å². The Morgan fingerprint density at radius 2 is 2.46 bits per heavy atom. The lowest BCUT2D eigenvalue weighted by Gasteiger charge is -2.15. The quantitative estimate of drug-likeness (QED) is 0.570. The molecule has 1 aliphatic rings. The number of amides is 1. The molecule has 13 heavy (non-hydrogen) atoms. The fraction of sp³-hybridized carbons (Fsp3) is 0.889. The zero-order valence-electron chi connectivity index (χ0n) is 8.25. The summed E-state index contributed by atoms with van der Waals surface area (Å²) in [6.07, 6.45) is 1.55. The number of hydrogen-bond acceptors (Lipinski definition) is 3. The average Bonchev–Trinajstić information content (AvgIpc) is 2.39. The van der Waals surface area contributed by atoms with Crippen molar-refractivity contribution in [3.8, 4) is 0 Å². The van der Waals surface area contributed by atoms with E-state index < -0.39 is 0 Å². The van der Waals surface area contributed by atoms with E-state index in [0.29, 0.717) is 6.42 Å². The maximum Gasteiger partial charge on any atom is 0.224 e. The summed E-state index contributed by atoms with van der Waals surface area (Å²) in [6, 6.07) is 0.0617. The highest BCUT2D eigenvalue weighted by molar-refractivity contribution is 5.79. The van der Waals surface area contributed by atoms with Crippen LogP contribution < -0.4 is 11.1 Å². The molecule has 1 atom stereocenters. The Morgan fingerprint density at radius 3 is 3.00 bits per heavy atom. The molecule has 0 radical (unpaired) electrons. The van der Waals surface area contributed by atoms with E-state index in [4.69, 9.17) is 5.73 Å². The SMILES string of the molecule is CCNCCCN1CC(N)CC1=O. The van der Waals surface area contributed by atoms with Gasteiger partial charge in [0, 0.05) is 25.6 Å². The summed E-state index contributed by atoms with van der Waals surface area (Å²) in [4.78, 5) is 13.1. The van der Waals surface area contributed by atoms with Gasteiger partial charge in [-0.05, 0) is 19.5 Å². The molecule has 1 saturated heterocycles. The van der Waals surface area contributed by atoms with E-state index in [1.165, 1.54) is 0 Å². The van der Waals surface area contributed by atoms with Crippen molar-refractivity contribution in [3.05, 3.63) is 0 Å². The lowest BCUT2D eigenvalue weighted by Crippen LogP contribution is -2.30. The zero-order valence-corrected chi connectivity index (χ0v) is 8.25. The van der Waals surface area contributed by atoms with Crippen molar-refractivity contribution in [1.82, 2.24) is 10.2 Å². The van der Waals surface area contributed by atoms with Crippen LogP contribution in [0.4, 0.5) is 0 Å². The molecule has 0 spiro atoms. The number of rotatable bonds is 5. The molecule has 3 N–H and O–H groups in total. The van der Waals surface area contributed by atoms with Gasteiger partial charge in [0.15, 0.2) is 0 Å². The Balaban J connectivity index is 2.11. The van der Waals surface area contributed by atoms with E-state index in [9.17, 15) is 4.79 Å². The number of likely N-dealkylation sites (tertiary alicyclic amines) is 1. The molecule has 0 bridgehead atoms. The fourth-order valence-electron chi connectivity index (χ4n) is 1.59. The maximum atomic E-state index is 11.3. The first-order chi connectivity index (χ1) is 6.24. The van der Waals surface area contributed by atoms with Crippen LogP contribution in [-0.2, 0) is 4.79 Å². The number of hydrogen-bond donors (Lipinski definition) is 2. The number of nitrogens with one attached hydrogen (secondary N) is 1. The van der Waals surface area contributed by atoms with Crippen LogP contribution in [0, 0.1) is 0 Å². The van der Waals surface area contributed by atoms with Crippen molar-refractivity contribution in [2.24, 2.45) is 5.73 Å². The zero-order chi connectivity index (χ0) is 9.68. The number of nitrogens with zero attached hydrogens (tertiary/aromatic N) is 1. The molecule has 76 valence electrons. The molecule has 1 rings (SSSR count). The standard InChI is InChI=1S/C9H19N3O/c1-2-11-4-3-5-12-7-8(10)6-9(12)13/h8,11H,2-7,10H2,1H3. The van der Waals surface area contributed by atoms with E-state index in [1.807, 2.05) is 4.90 Å². The largest absolute Gasteiger partial charge is 0.341 e. The first-order valence-corrected chi connectivity index (χ1v) is 4.98. The van der Waals surface area contributed by atoms with Gasteiger partial charge < -0.3 is 16.0 Å². The molecule has 1 unspecified atom stereocenters. The summed E-state index contributed by atoms with van der Waals surface area (Å²) in [6.45, 7) is 5.64. The Kier molecular flexibility index (Phi) is 4.18. The van der Waals surface area contributed by atoms with Gasteiger partial charge >= 0.3 is 0 Å². The Hall–Kier alpha value is -0.610. The van der Waals surface area contributed by atoms with Gasteiger partial charge in [0.05, 0.1) is 0 Å². The second kappa shape index (κ2) is 5.19. The van der Waals surface area contributed by atoms with Gasteiger partial charge in [0.1, 0.15) is 0 Å². The van der Waals surface area contributed by atoms with Crippen molar-refractivity contribution in [1.29, 1.82) is 0 Å². The molecule has 0 aromatic rings. The van der Waals surface area contributed by atoms with Gasteiger partial charge in [0.25, 0.3) is 0 Å². The summed E-state index contributed by atoms with van der Waals surface area (Å²) in [5.41, 5.74) is 5.67. The number of nitrogens with two attached hydrogens (primary N) is 1. The highest BCUT2D eigenvalue weighted by Gasteiger charge is 2.25. The predicted molar refractivity (Wildman–Crippen MR) is 52.3 cm³/mol. The third-order valence-corrected chi connectivity index (χ3v) is 2.28. The Labute approximate surface area is 79.5 Å². The normalized spacial score (nSPS) is 22.8. The predicted octanol–water partition coefficient (Wildman–Crippen LogP) is -0.454. The van der Waals surface area contributed by atoms with Crippen LogP contribution >= 0.6 is 0 Å². The molecule has 0 aliphatic carbocycles. The molecule has 0 saturated carbocycles. The lowest BCUT2D eigenvalue weighted by atomic mass is 10.3. The first kappa shape index (κ1) is 10.5. The smallest absolute Gasteiger partial charge is 0.224 e. The van der Waals surface area contributed by atoms with Crippen LogP contribution in [0.3, 0.4) is 0 Å². The molecule has 0 aromatic carbocycles. The summed E-state index contributed by atoms with van der Waals surface area (Å²) in [5.74, 6) is 0.212. The monoisotopic (exact) mass is 185 g/mol. The van der Waals surface area contributed by atoms with Gasteiger partial charge in [0.2, 0.25) is 5.91 Å². The van der Waals surface area contributed by atoms with Crippen molar-refractivity contribution in [3.63, 3.8) is 0 Å². The van der Waals surface area contributed by atoms with Gasteiger partial charge in [-0.25, -0.2) is 0 Å². The highest BCUT2D eigenvalue weighted by atomic mass is 16.2.